The number of hydrogen-bond donors (Lipinski definition) is 3. The van der Waals surface area contributed by atoms with Crippen LogP contribution in [0.1, 0.15) is 370 Å². The van der Waals surface area contributed by atoms with Crippen LogP contribution in [0.3, 0.4) is 0 Å². The lowest BCUT2D eigenvalue weighted by Gasteiger charge is -2.21. The third kappa shape index (κ3) is 65.8. The third-order valence-corrected chi connectivity index (χ3v) is 19.7. The molecule has 4 unspecified atom stereocenters. The summed E-state index contributed by atoms with van der Waals surface area (Å²) >= 11 is 0. The van der Waals surface area contributed by atoms with Gasteiger partial charge in [0.05, 0.1) is 26.4 Å². The van der Waals surface area contributed by atoms with E-state index in [1.807, 2.05) is 0 Å². The van der Waals surface area contributed by atoms with Crippen molar-refractivity contribution in [1.29, 1.82) is 0 Å². The van der Waals surface area contributed by atoms with E-state index in [0.29, 0.717) is 37.5 Å². The smallest absolute Gasteiger partial charge is 0.462 e. The lowest BCUT2D eigenvalue weighted by Crippen LogP contribution is -2.30. The van der Waals surface area contributed by atoms with E-state index < -0.39 is 97.5 Å². The lowest BCUT2D eigenvalue weighted by atomic mass is 9.99. The van der Waals surface area contributed by atoms with Crippen LogP contribution in [-0.2, 0) is 65.4 Å². The van der Waals surface area contributed by atoms with Crippen molar-refractivity contribution < 1.29 is 80.2 Å². The van der Waals surface area contributed by atoms with Crippen LogP contribution in [0.2, 0.25) is 0 Å². The molecule has 93 heavy (non-hydrogen) atoms. The first-order valence-electron chi connectivity index (χ1n) is 38.3. The van der Waals surface area contributed by atoms with E-state index in [9.17, 15) is 43.2 Å². The van der Waals surface area contributed by atoms with Crippen molar-refractivity contribution in [3.8, 4) is 0 Å². The van der Waals surface area contributed by atoms with Gasteiger partial charge in [-0.15, -0.1) is 0 Å². The highest BCUT2D eigenvalue weighted by atomic mass is 31.2. The van der Waals surface area contributed by atoms with Gasteiger partial charge in [0.25, 0.3) is 0 Å². The molecule has 552 valence electrons. The van der Waals surface area contributed by atoms with Gasteiger partial charge in [-0.1, -0.05) is 319 Å². The Kier molecular flexibility index (Phi) is 62.2. The molecule has 0 saturated heterocycles. The molecule has 0 heterocycles. The maximum atomic E-state index is 13.0. The van der Waals surface area contributed by atoms with Crippen LogP contribution in [-0.4, -0.2) is 96.7 Å². The summed E-state index contributed by atoms with van der Waals surface area (Å²) in [5, 5.41) is 10.6. The van der Waals surface area contributed by atoms with E-state index >= 15 is 0 Å². The summed E-state index contributed by atoms with van der Waals surface area (Å²) in [7, 11) is -9.90. The van der Waals surface area contributed by atoms with Crippen molar-refractivity contribution in [3.63, 3.8) is 0 Å². The van der Waals surface area contributed by atoms with Gasteiger partial charge in [-0.25, -0.2) is 9.13 Å². The first kappa shape index (κ1) is 91.1. The summed E-state index contributed by atoms with van der Waals surface area (Å²) in [6.07, 6.45) is 47.6. The number of carbonyl (C=O) groups excluding carboxylic acids is 4. The average molecular weight is 1370 g/mol. The molecule has 7 atom stereocenters. The van der Waals surface area contributed by atoms with Gasteiger partial charge in [0.15, 0.2) is 12.2 Å². The largest absolute Gasteiger partial charge is 0.472 e. The van der Waals surface area contributed by atoms with Crippen molar-refractivity contribution >= 4 is 39.5 Å². The fourth-order valence-electron chi connectivity index (χ4n) is 11.1. The number of aliphatic hydroxyl groups excluding tert-OH is 1. The lowest BCUT2D eigenvalue weighted by molar-refractivity contribution is -0.161. The van der Waals surface area contributed by atoms with Crippen LogP contribution in [0, 0.1) is 23.7 Å². The van der Waals surface area contributed by atoms with E-state index in [2.05, 4.69) is 55.4 Å². The number of rotatable bonds is 71. The van der Waals surface area contributed by atoms with Crippen molar-refractivity contribution in [1.82, 2.24) is 0 Å². The quantitative estimate of drug-likeness (QED) is 0.0222. The van der Waals surface area contributed by atoms with Crippen molar-refractivity contribution in [2.45, 2.75) is 388 Å². The van der Waals surface area contributed by atoms with Crippen LogP contribution >= 0.6 is 15.6 Å². The SMILES string of the molecule is CCC(C)CCCCCCCCCCCCCCCCCCCCC(=O)OC[C@H](COP(=O)(O)OC[C@@H](O)COP(=O)(O)OC[C@@H](COC(=O)CCCCCCCCC(C)C)OC(=O)CCCCCCCCCCC(C)CC)OC(=O)CCCCCCCCCC(C)C. The number of aliphatic hydroxyl groups is 1. The molecule has 0 aromatic heterocycles. The number of phosphoric ester groups is 2. The Morgan fingerprint density at radius 3 is 0.763 bits per heavy atom. The van der Waals surface area contributed by atoms with Gasteiger partial charge < -0.3 is 33.8 Å². The zero-order chi connectivity index (χ0) is 68.9. The van der Waals surface area contributed by atoms with Gasteiger partial charge in [-0.2, -0.15) is 0 Å². The monoisotopic (exact) mass is 1370 g/mol. The van der Waals surface area contributed by atoms with E-state index in [1.165, 1.54) is 167 Å². The molecule has 0 spiro atoms. The first-order chi connectivity index (χ1) is 44.7. The number of hydrogen-bond acceptors (Lipinski definition) is 15. The van der Waals surface area contributed by atoms with E-state index in [4.69, 9.17) is 37.0 Å². The molecule has 0 aromatic rings. The van der Waals surface area contributed by atoms with Crippen LogP contribution < -0.4 is 0 Å². The Hall–Kier alpha value is -1.94. The van der Waals surface area contributed by atoms with Gasteiger partial charge >= 0.3 is 39.5 Å². The molecule has 0 aliphatic carbocycles. The van der Waals surface area contributed by atoms with Crippen molar-refractivity contribution in [2.75, 3.05) is 39.6 Å². The minimum absolute atomic E-state index is 0.103. The molecule has 0 rings (SSSR count). The predicted molar refractivity (Wildman–Crippen MR) is 377 cm³/mol. The van der Waals surface area contributed by atoms with Gasteiger partial charge in [0, 0.05) is 25.7 Å². The molecule has 0 bridgehead atoms. The molecule has 0 fully saturated rings. The number of carbonyl (C=O) groups is 4. The molecule has 0 aliphatic rings. The minimum Gasteiger partial charge on any atom is -0.462 e. The second kappa shape index (κ2) is 63.5. The van der Waals surface area contributed by atoms with Gasteiger partial charge in [0.2, 0.25) is 0 Å². The first-order valence-corrected chi connectivity index (χ1v) is 41.3. The molecular formula is C74H144O17P2. The predicted octanol–water partition coefficient (Wildman–Crippen LogP) is 21.3. The maximum Gasteiger partial charge on any atom is 0.472 e. The van der Waals surface area contributed by atoms with Crippen LogP contribution in [0.15, 0.2) is 0 Å². The second-order valence-electron chi connectivity index (χ2n) is 28.1. The second-order valence-corrected chi connectivity index (χ2v) is 31.0. The van der Waals surface area contributed by atoms with Gasteiger partial charge in [-0.3, -0.25) is 37.3 Å². The summed E-state index contributed by atoms with van der Waals surface area (Å²) in [6, 6.07) is 0. The summed E-state index contributed by atoms with van der Waals surface area (Å²) in [5.74, 6) is 0.887. The molecule has 0 aromatic carbocycles. The topological polar surface area (TPSA) is 237 Å². The molecule has 0 aliphatic heterocycles. The van der Waals surface area contributed by atoms with E-state index in [0.717, 1.165) is 108 Å². The Balaban J connectivity index is 5.12. The molecule has 0 radical (unpaired) electrons. The highest BCUT2D eigenvalue weighted by molar-refractivity contribution is 7.47. The molecule has 0 amide bonds. The zero-order valence-corrected chi connectivity index (χ0v) is 62.7. The zero-order valence-electron chi connectivity index (χ0n) is 60.9. The molecule has 19 heteroatoms. The number of esters is 4. The molecule has 3 N–H and O–H groups in total. The number of unbranched alkanes of at least 4 members (excludes halogenated alkanes) is 35. The van der Waals surface area contributed by atoms with E-state index in [-0.39, 0.29) is 25.7 Å². The van der Waals surface area contributed by atoms with Crippen molar-refractivity contribution in [3.05, 3.63) is 0 Å². The Morgan fingerprint density at radius 2 is 0.516 bits per heavy atom. The normalized spacial score (nSPS) is 14.8. The molecule has 17 nitrogen and oxygen atoms in total. The minimum atomic E-state index is -4.95. The fraction of sp³-hybridized carbons (Fsp3) is 0.946. The van der Waals surface area contributed by atoms with Gasteiger partial charge in [0.1, 0.15) is 19.3 Å². The Bertz CT molecular complexity index is 1840. The van der Waals surface area contributed by atoms with Crippen LogP contribution in [0.25, 0.3) is 0 Å². The van der Waals surface area contributed by atoms with Gasteiger partial charge in [-0.05, 0) is 49.4 Å². The molecule has 0 saturated carbocycles. The summed E-state index contributed by atoms with van der Waals surface area (Å²) in [5.41, 5.74) is 0. The Labute approximate surface area is 568 Å². The summed E-state index contributed by atoms with van der Waals surface area (Å²) in [4.78, 5) is 72.6. The molecular weight excluding hydrogens is 1220 g/mol. The summed E-state index contributed by atoms with van der Waals surface area (Å²) in [6.45, 7) is 14.1. The average Bonchev–Trinajstić information content (AvgIpc) is 2.93. The highest BCUT2D eigenvalue weighted by Gasteiger charge is 2.30. The standard InChI is InChI=1S/C74H144O17P2/c1-9-66(7)52-44-36-27-21-19-17-15-13-11-12-14-16-18-20-22-29-38-46-54-71(76)84-60-69(91-74(79)57-49-41-31-25-26-34-42-50-64(3)4)62-88-92(80,81)86-58-68(75)59-87-93(82,83)89-63-70(61-85-72(77)55-47-39-33-32-35-43-51-65(5)6)90-73(78)56-48-40-30-24-23-28-37-45-53-67(8)10-2/h64-70,75H,9-63H2,1-8H3,(H,80,81)(H,82,83)/t66?,67?,68-,69-,70-/m1/s1. The van der Waals surface area contributed by atoms with Crippen LogP contribution in [0.4, 0.5) is 0 Å². The number of phosphoric acid groups is 2. The fourth-order valence-corrected chi connectivity index (χ4v) is 12.7. The highest BCUT2D eigenvalue weighted by Crippen LogP contribution is 2.45. The van der Waals surface area contributed by atoms with Crippen LogP contribution in [0.5, 0.6) is 0 Å². The van der Waals surface area contributed by atoms with Crippen molar-refractivity contribution in [2.24, 2.45) is 23.7 Å². The summed E-state index contributed by atoms with van der Waals surface area (Å²) < 4.78 is 68.3. The maximum absolute atomic E-state index is 13.0. The Morgan fingerprint density at radius 1 is 0.301 bits per heavy atom. The van der Waals surface area contributed by atoms with E-state index in [1.54, 1.807) is 0 Å². The third-order valence-electron chi connectivity index (χ3n) is 17.8. The number of ether oxygens (including phenoxy) is 4.